The molecule has 124 valence electrons. The molecule has 3 rings (SSSR count). The van der Waals surface area contributed by atoms with E-state index in [0.717, 1.165) is 5.56 Å². The molecule has 0 N–H and O–H groups in total. The number of pyridine rings is 1. The lowest BCUT2D eigenvalue weighted by Crippen LogP contribution is -2.42. The van der Waals surface area contributed by atoms with Gasteiger partial charge < -0.3 is 9.64 Å². The molecule has 0 unspecified atom stereocenters. The zero-order valence-electron chi connectivity index (χ0n) is 13.0. The number of benzene rings is 1. The minimum absolute atomic E-state index is 0.193. The molecule has 0 bridgehead atoms. The summed E-state index contributed by atoms with van der Waals surface area (Å²) in [6.45, 7) is 2.03. The Morgan fingerprint density at radius 1 is 1.08 bits per heavy atom. The van der Waals surface area contributed by atoms with Crippen LogP contribution < -0.4 is 5.56 Å². The van der Waals surface area contributed by atoms with Gasteiger partial charge in [-0.3, -0.25) is 14.2 Å². The van der Waals surface area contributed by atoms with Gasteiger partial charge in [-0.25, -0.2) is 0 Å². The van der Waals surface area contributed by atoms with Crippen LogP contribution in [0, 0.1) is 0 Å². The summed E-state index contributed by atoms with van der Waals surface area (Å²) in [5.74, 6) is -0.193. The second kappa shape index (κ2) is 7.47. The van der Waals surface area contributed by atoms with E-state index in [0.29, 0.717) is 37.0 Å². The van der Waals surface area contributed by atoms with Gasteiger partial charge in [-0.05, 0) is 29.8 Å². The number of nitrogens with zero attached hydrogens (tertiary/aromatic N) is 2. The zero-order valence-corrected chi connectivity index (χ0v) is 13.8. The maximum Gasteiger partial charge on any atom is 0.271 e. The summed E-state index contributed by atoms with van der Waals surface area (Å²) in [6, 6.07) is 11.9. The zero-order chi connectivity index (χ0) is 16.9. The Bertz CT molecular complexity index is 806. The predicted octanol–water partition coefficient (Wildman–Crippen LogP) is 2.36. The molecule has 0 atom stereocenters. The number of hydrogen-bond donors (Lipinski definition) is 0. The minimum atomic E-state index is -0.251. The van der Waals surface area contributed by atoms with Crippen molar-refractivity contribution in [2.24, 2.45) is 0 Å². The molecular weight excluding hydrogens is 328 g/mol. The monoisotopic (exact) mass is 344 g/mol. The van der Waals surface area contributed by atoms with E-state index in [1.807, 2.05) is 12.1 Å². The van der Waals surface area contributed by atoms with Crippen molar-refractivity contribution in [1.82, 2.24) is 9.47 Å². The average molecular weight is 345 g/mol. The predicted molar refractivity (Wildman–Crippen MR) is 93.7 cm³/mol. The van der Waals surface area contributed by atoms with Gasteiger partial charge in [0.25, 0.3) is 11.5 Å². The number of ether oxygens (including phenoxy) is 1. The van der Waals surface area contributed by atoms with Crippen LogP contribution in [0.3, 0.4) is 0 Å². The molecular formula is C18H17ClN2O3. The fourth-order valence-electron chi connectivity index (χ4n) is 2.51. The van der Waals surface area contributed by atoms with Crippen LogP contribution in [0.1, 0.15) is 5.56 Å². The highest BCUT2D eigenvalue weighted by molar-refractivity contribution is 6.30. The first-order valence-electron chi connectivity index (χ1n) is 7.67. The number of aromatic nitrogens is 1. The van der Waals surface area contributed by atoms with Crippen LogP contribution in [0.2, 0.25) is 5.02 Å². The Morgan fingerprint density at radius 2 is 1.79 bits per heavy atom. The Morgan fingerprint density at radius 3 is 2.46 bits per heavy atom. The van der Waals surface area contributed by atoms with Crippen molar-refractivity contribution < 1.29 is 9.53 Å². The molecule has 0 spiro atoms. The minimum Gasteiger partial charge on any atom is -0.378 e. The van der Waals surface area contributed by atoms with Gasteiger partial charge in [0.2, 0.25) is 0 Å². The highest BCUT2D eigenvalue weighted by Crippen LogP contribution is 2.16. The van der Waals surface area contributed by atoms with E-state index in [2.05, 4.69) is 0 Å². The number of amides is 1. The molecule has 1 fully saturated rings. The van der Waals surface area contributed by atoms with E-state index in [-0.39, 0.29) is 11.5 Å². The van der Waals surface area contributed by atoms with Gasteiger partial charge in [-0.1, -0.05) is 29.8 Å². The second-order valence-corrected chi connectivity index (χ2v) is 5.83. The molecule has 1 amide bonds. The van der Waals surface area contributed by atoms with E-state index < -0.39 is 0 Å². The fourth-order valence-corrected chi connectivity index (χ4v) is 2.63. The standard InChI is InChI=1S/C18H17ClN2O3/c19-15-6-4-14(5-7-15)13-16(21-8-2-1-3-17(21)22)18(23)20-9-11-24-12-10-20/h1-8,13H,9-12H2/b16-13+. The molecule has 24 heavy (non-hydrogen) atoms. The van der Waals surface area contributed by atoms with Gasteiger partial charge in [0, 0.05) is 30.4 Å². The Hall–Kier alpha value is -2.37. The lowest BCUT2D eigenvalue weighted by atomic mass is 10.1. The summed E-state index contributed by atoms with van der Waals surface area (Å²) in [4.78, 5) is 26.8. The first-order chi connectivity index (χ1) is 11.6. The largest absolute Gasteiger partial charge is 0.378 e. The van der Waals surface area contributed by atoms with Crippen LogP contribution in [0.25, 0.3) is 11.8 Å². The van der Waals surface area contributed by atoms with Crippen LogP contribution in [0.5, 0.6) is 0 Å². The molecule has 1 aliphatic heterocycles. The topological polar surface area (TPSA) is 51.5 Å². The lowest BCUT2D eigenvalue weighted by Gasteiger charge is -2.28. The van der Waals surface area contributed by atoms with Gasteiger partial charge in [0.1, 0.15) is 5.70 Å². The molecule has 1 saturated heterocycles. The quantitative estimate of drug-likeness (QED) is 0.803. The van der Waals surface area contributed by atoms with E-state index in [9.17, 15) is 9.59 Å². The maximum atomic E-state index is 12.9. The van der Waals surface area contributed by atoms with Crippen molar-refractivity contribution in [3.05, 3.63) is 69.6 Å². The average Bonchev–Trinajstić information content (AvgIpc) is 2.62. The van der Waals surface area contributed by atoms with Gasteiger partial charge >= 0.3 is 0 Å². The normalized spacial score (nSPS) is 15.4. The Balaban J connectivity index is 2.03. The number of carbonyl (C=O) groups is 1. The smallest absolute Gasteiger partial charge is 0.271 e. The summed E-state index contributed by atoms with van der Waals surface area (Å²) >= 11 is 5.91. The van der Waals surface area contributed by atoms with E-state index in [4.69, 9.17) is 16.3 Å². The van der Waals surface area contributed by atoms with Crippen LogP contribution >= 0.6 is 11.6 Å². The van der Waals surface area contributed by atoms with E-state index in [1.54, 1.807) is 41.4 Å². The summed E-state index contributed by atoms with van der Waals surface area (Å²) in [5.41, 5.74) is 0.857. The SMILES string of the molecule is O=C(/C(=C\c1ccc(Cl)cc1)n1ccccc1=O)N1CCOCC1. The molecule has 1 aliphatic rings. The number of rotatable bonds is 3. The highest BCUT2D eigenvalue weighted by Gasteiger charge is 2.22. The number of morpholine rings is 1. The molecule has 2 heterocycles. The van der Waals surface area contributed by atoms with Crippen LogP contribution in [-0.2, 0) is 9.53 Å². The van der Waals surface area contributed by atoms with E-state index >= 15 is 0 Å². The highest BCUT2D eigenvalue weighted by atomic mass is 35.5. The summed E-state index contributed by atoms with van der Waals surface area (Å²) in [7, 11) is 0. The molecule has 0 radical (unpaired) electrons. The van der Waals surface area contributed by atoms with Crippen LogP contribution in [0.4, 0.5) is 0 Å². The molecule has 0 saturated carbocycles. The molecule has 1 aromatic carbocycles. The van der Waals surface area contributed by atoms with Crippen molar-refractivity contribution in [2.45, 2.75) is 0 Å². The third kappa shape index (κ3) is 3.75. The van der Waals surface area contributed by atoms with E-state index in [1.165, 1.54) is 10.6 Å². The first-order valence-corrected chi connectivity index (χ1v) is 8.05. The first kappa shape index (κ1) is 16.5. The van der Waals surface area contributed by atoms with Crippen molar-refractivity contribution in [3.8, 4) is 0 Å². The van der Waals surface area contributed by atoms with Gasteiger partial charge in [-0.2, -0.15) is 0 Å². The molecule has 6 heteroatoms. The fraction of sp³-hybridized carbons (Fsp3) is 0.222. The molecule has 1 aromatic heterocycles. The Kier molecular flexibility index (Phi) is 5.13. The summed E-state index contributed by atoms with van der Waals surface area (Å²) < 4.78 is 6.66. The second-order valence-electron chi connectivity index (χ2n) is 5.39. The summed E-state index contributed by atoms with van der Waals surface area (Å²) in [5, 5.41) is 0.616. The number of hydrogen-bond acceptors (Lipinski definition) is 3. The van der Waals surface area contributed by atoms with Crippen LogP contribution in [0.15, 0.2) is 53.5 Å². The number of halogens is 1. The van der Waals surface area contributed by atoms with Crippen molar-refractivity contribution >= 4 is 29.3 Å². The van der Waals surface area contributed by atoms with Gasteiger partial charge in [0.05, 0.1) is 13.2 Å². The van der Waals surface area contributed by atoms with Crippen LogP contribution in [-0.4, -0.2) is 41.7 Å². The lowest BCUT2D eigenvalue weighted by molar-refractivity contribution is -0.129. The third-order valence-corrected chi connectivity index (χ3v) is 4.02. The van der Waals surface area contributed by atoms with Crippen molar-refractivity contribution in [1.29, 1.82) is 0 Å². The maximum absolute atomic E-state index is 12.9. The van der Waals surface area contributed by atoms with Gasteiger partial charge in [0.15, 0.2) is 0 Å². The molecule has 5 nitrogen and oxygen atoms in total. The molecule has 2 aromatic rings. The van der Waals surface area contributed by atoms with Gasteiger partial charge in [-0.15, -0.1) is 0 Å². The Labute approximate surface area is 144 Å². The number of carbonyl (C=O) groups excluding carboxylic acids is 1. The van der Waals surface area contributed by atoms with Crippen molar-refractivity contribution in [2.75, 3.05) is 26.3 Å². The van der Waals surface area contributed by atoms with Crippen molar-refractivity contribution in [3.63, 3.8) is 0 Å². The molecule has 0 aliphatic carbocycles. The summed E-state index contributed by atoms with van der Waals surface area (Å²) in [6.07, 6.45) is 3.30. The third-order valence-electron chi connectivity index (χ3n) is 3.77.